The zero-order valence-corrected chi connectivity index (χ0v) is 8.19. The Morgan fingerprint density at radius 2 is 2.14 bits per heavy atom. The summed E-state index contributed by atoms with van der Waals surface area (Å²) in [7, 11) is 3.07. The fourth-order valence-electron chi connectivity index (χ4n) is 1.49. The van der Waals surface area contributed by atoms with Gasteiger partial charge in [-0.25, -0.2) is 4.79 Å². The maximum Gasteiger partial charge on any atom is 0.317 e. The molecule has 2 N–H and O–H groups in total. The van der Waals surface area contributed by atoms with E-state index in [0.29, 0.717) is 0 Å². The second-order valence-electron chi connectivity index (χ2n) is 3.22. The van der Waals surface area contributed by atoms with Gasteiger partial charge in [-0.15, -0.1) is 0 Å². The number of likely N-dealkylation sites (N-methyl/N-ethyl adjacent to an activating group) is 1. The van der Waals surface area contributed by atoms with Crippen LogP contribution in [0.25, 0.3) is 0 Å². The Kier molecular flexibility index (Phi) is 3.29. The molecule has 1 heterocycles. The number of hydrogen-bond acceptors (Lipinski definition) is 3. The normalized spacial score (nSPS) is 25.9. The van der Waals surface area contributed by atoms with Crippen LogP contribution in [0.2, 0.25) is 0 Å². The summed E-state index contributed by atoms with van der Waals surface area (Å²) < 4.78 is 5.04. The number of nitrogens with one attached hydrogen (secondary N) is 1. The summed E-state index contributed by atoms with van der Waals surface area (Å²) in [6, 6.07) is -0.681. The maximum atomic E-state index is 11.2. The molecule has 2 atom stereocenters. The molecule has 6 nitrogen and oxygen atoms in total. The van der Waals surface area contributed by atoms with Crippen LogP contribution in [0.4, 0.5) is 4.79 Å². The molecule has 0 spiro atoms. The number of carbonyl (C=O) groups is 2. The lowest BCUT2D eigenvalue weighted by atomic mass is 10.0. The van der Waals surface area contributed by atoms with Gasteiger partial charge in [0.15, 0.2) is 0 Å². The van der Waals surface area contributed by atoms with Crippen molar-refractivity contribution in [3.05, 3.63) is 0 Å². The summed E-state index contributed by atoms with van der Waals surface area (Å²) >= 11 is 0. The smallest absolute Gasteiger partial charge is 0.317 e. The standard InChI is InChI=1S/C8H14N2O4/c1-9-8(13)10(2)6-4-14-3-5(6)7(11)12/h5-6H,3-4H2,1-2H3,(H,9,13)(H,11,12). The van der Waals surface area contributed by atoms with Gasteiger partial charge in [0.05, 0.1) is 19.3 Å². The quantitative estimate of drug-likeness (QED) is 0.624. The van der Waals surface area contributed by atoms with Crippen LogP contribution in [0, 0.1) is 5.92 Å². The fourth-order valence-corrected chi connectivity index (χ4v) is 1.49. The van der Waals surface area contributed by atoms with Crippen molar-refractivity contribution in [3.63, 3.8) is 0 Å². The van der Waals surface area contributed by atoms with Crippen molar-refractivity contribution in [1.82, 2.24) is 10.2 Å². The molecule has 80 valence electrons. The molecule has 0 aliphatic carbocycles. The first-order valence-corrected chi connectivity index (χ1v) is 4.33. The minimum atomic E-state index is -0.928. The van der Waals surface area contributed by atoms with Crippen molar-refractivity contribution in [1.29, 1.82) is 0 Å². The highest BCUT2D eigenvalue weighted by atomic mass is 16.5. The van der Waals surface area contributed by atoms with Gasteiger partial charge in [-0.3, -0.25) is 4.79 Å². The summed E-state index contributed by atoms with van der Waals surface area (Å²) in [5.74, 6) is -1.56. The number of carboxylic acid groups (broad SMARTS) is 1. The Balaban J connectivity index is 2.66. The Labute approximate surface area is 81.8 Å². The zero-order valence-electron chi connectivity index (χ0n) is 8.19. The average molecular weight is 202 g/mol. The molecule has 0 radical (unpaired) electrons. The molecule has 2 amide bonds. The number of aliphatic carboxylic acids is 1. The molecule has 1 rings (SSSR count). The Hall–Kier alpha value is -1.30. The first-order valence-electron chi connectivity index (χ1n) is 4.33. The third-order valence-electron chi connectivity index (χ3n) is 2.40. The molecule has 1 saturated heterocycles. The maximum absolute atomic E-state index is 11.2. The van der Waals surface area contributed by atoms with E-state index in [9.17, 15) is 9.59 Å². The van der Waals surface area contributed by atoms with Crippen LogP contribution in [0.5, 0.6) is 0 Å². The van der Waals surface area contributed by atoms with Crippen LogP contribution in [-0.4, -0.2) is 55.4 Å². The Morgan fingerprint density at radius 3 is 2.64 bits per heavy atom. The van der Waals surface area contributed by atoms with Gasteiger partial charge in [-0.1, -0.05) is 0 Å². The molecule has 1 fully saturated rings. The van der Waals surface area contributed by atoms with Gasteiger partial charge in [0.25, 0.3) is 0 Å². The average Bonchev–Trinajstić information content (AvgIpc) is 2.63. The van der Waals surface area contributed by atoms with E-state index in [1.807, 2.05) is 0 Å². The predicted molar refractivity (Wildman–Crippen MR) is 48.0 cm³/mol. The first kappa shape index (κ1) is 10.8. The van der Waals surface area contributed by atoms with Gasteiger partial charge >= 0.3 is 12.0 Å². The molecule has 2 unspecified atom stereocenters. The molecule has 1 aliphatic heterocycles. The lowest BCUT2D eigenvalue weighted by Crippen LogP contribution is -2.47. The third-order valence-corrected chi connectivity index (χ3v) is 2.40. The summed E-state index contributed by atoms with van der Waals surface area (Å²) in [5.41, 5.74) is 0. The molecule has 14 heavy (non-hydrogen) atoms. The monoisotopic (exact) mass is 202 g/mol. The van der Waals surface area contributed by atoms with Crippen molar-refractivity contribution >= 4 is 12.0 Å². The number of urea groups is 1. The number of nitrogens with zero attached hydrogens (tertiary/aromatic N) is 1. The SMILES string of the molecule is CNC(=O)N(C)C1COCC1C(=O)O. The molecule has 1 aliphatic rings. The van der Waals surface area contributed by atoms with Crippen LogP contribution in [0.15, 0.2) is 0 Å². The van der Waals surface area contributed by atoms with Crippen LogP contribution >= 0.6 is 0 Å². The van der Waals surface area contributed by atoms with Crippen LogP contribution in [-0.2, 0) is 9.53 Å². The summed E-state index contributed by atoms with van der Waals surface area (Å²) in [4.78, 5) is 23.4. The van der Waals surface area contributed by atoms with Gasteiger partial charge in [-0.05, 0) is 0 Å². The minimum absolute atomic E-state index is 0.168. The van der Waals surface area contributed by atoms with Crippen molar-refractivity contribution < 1.29 is 19.4 Å². The highest BCUT2D eigenvalue weighted by molar-refractivity contribution is 5.76. The highest BCUT2D eigenvalue weighted by Gasteiger charge is 2.38. The van der Waals surface area contributed by atoms with E-state index < -0.39 is 11.9 Å². The second kappa shape index (κ2) is 4.28. The van der Waals surface area contributed by atoms with Gasteiger partial charge in [0, 0.05) is 14.1 Å². The largest absolute Gasteiger partial charge is 0.481 e. The Bertz CT molecular complexity index is 243. The van der Waals surface area contributed by atoms with E-state index in [1.165, 1.54) is 11.9 Å². The second-order valence-corrected chi connectivity index (χ2v) is 3.22. The molecular formula is C8H14N2O4. The third kappa shape index (κ3) is 1.95. The first-order chi connectivity index (χ1) is 6.57. The van der Waals surface area contributed by atoms with Crippen molar-refractivity contribution in [2.24, 2.45) is 5.92 Å². The predicted octanol–water partition coefficient (Wildman–Crippen LogP) is -0.643. The van der Waals surface area contributed by atoms with Gasteiger partial charge in [-0.2, -0.15) is 0 Å². The number of ether oxygens (including phenoxy) is 1. The summed E-state index contributed by atoms with van der Waals surface area (Å²) in [5, 5.41) is 11.3. The van der Waals surface area contributed by atoms with E-state index in [2.05, 4.69) is 5.32 Å². The summed E-state index contributed by atoms with van der Waals surface area (Å²) in [6.07, 6.45) is 0. The van der Waals surface area contributed by atoms with E-state index >= 15 is 0 Å². The number of rotatable bonds is 2. The fraction of sp³-hybridized carbons (Fsp3) is 0.750. The van der Waals surface area contributed by atoms with E-state index in [4.69, 9.17) is 9.84 Å². The molecule has 0 aromatic carbocycles. The van der Waals surface area contributed by atoms with Gasteiger partial charge in [0.1, 0.15) is 5.92 Å². The number of amides is 2. The Morgan fingerprint density at radius 1 is 1.50 bits per heavy atom. The lowest BCUT2D eigenvalue weighted by Gasteiger charge is -2.25. The van der Waals surface area contributed by atoms with E-state index in [0.717, 1.165) is 0 Å². The van der Waals surface area contributed by atoms with Crippen molar-refractivity contribution in [2.45, 2.75) is 6.04 Å². The minimum Gasteiger partial charge on any atom is -0.481 e. The molecule has 0 aromatic rings. The number of hydrogen-bond donors (Lipinski definition) is 2. The molecule has 6 heteroatoms. The van der Waals surface area contributed by atoms with Gasteiger partial charge in [0.2, 0.25) is 0 Å². The molecule has 0 saturated carbocycles. The van der Waals surface area contributed by atoms with E-state index in [-0.39, 0.29) is 25.3 Å². The van der Waals surface area contributed by atoms with Crippen LogP contribution in [0.3, 0.4) is 0 Å². The number of carbonyl (C=O) groups excluding carboxylic acids is 1. The highest BCUT2D eigenvalue weighted by Crippen LogP contribution is 2.18. The summed E-state index contributed by atoms with van der Waals surface area (Å²) in [6.45, 7) is 0.447. The van der Waals surface area contributed by atoms with E-state index in [1.54, 1.807) is 7.05 Å². The molecular weight excluding hydrogens is 188 g/mol. The van der Waals surface area contributed by atoms with Crippen LogP contribution in [0.1, 0.15) is 0 Å². The zero-order chi connectivity index (χ0) is 10.7. The van der Waals surface area contributed by atoms with Crippen molar-refractivity contribution in [2.75, 3.05) is 27.3 Å². The lowest BCUT2D eigenvalue weighted by molar-refractivity contribution is -0.142. The number of carboxylic acids is 1. The molecule has 0 aromatic heterocycles. The topological polar surface area (TPSA) is 78.9 Å². The van der Waals surface area contributed by atoms with Crippen LogP contribution < -0.4 is 5.32 Å². The van der Waals surface area contributed by atoms with Crippen molar-refractivity contribution in [3.8, 4) is 0 Å². The van der Waals surface area contributed by atoms with Gasteiger partial charge < -0.3 is 20.1 Å². The molecule has 0 bridgehead atoms.